The number of aliphatic carboxylic acids is 1. The molecule has 0 unspecified atom stereocenters. The molecule has 1 aromatic heterocycles. The summed E-state index contributed by atoms with van der Waals surface area (Å²) < 4.78 is 34.2. The number of carbonyl (C=O) groups is 1. The topological polar surface area (TPSA) is 62.7 Å². The number of hydrogen-bond acceptors (Lipinski definition) is 5. The molecule has 4 rings (SSSR count). The fourth-order valence-corrected chi connectivity index (χ4v) is 6.06. The number of likely N-dealkylation sites (tertiary alicyclic amines) is 1. The maximum Gasteiger partial charge on any atom is 0.303 e. The van der Waals surface area contributed by atoms with E-state index in [0.29, 0.717) is 30.7 Å². The summed E-state index contributed by atoms with van der Waals surface area (Å²) in [4.78, 5) is 19.1. The van der Waals surface area contributed by atoms with Gasteiger partial charge in [0.1, 0.15) is 17.7 Å². The van der Waals surface area contributed by atoms with Gasteiger partial charge in [0.05, 0.1) is 12.6 Å². The third-order valence-electron chi connectivity index (χ3n) is 7.00. The lowest BCUT2D eigenvalue weighted by atomic mass is 9.79. The van der Waals surface area contributed by atoms with Crippen LogP contribution in [0.4, 0.5) is 8.78 Å². The van der Waals surface area contributed by atoms with E-state index in [1.165, 1.54) is 12.1 Å². The first-order chi connectivity index (χ1) is 17.4. The lowest BCUT2D eigenvalue weighted by Crippen LogP contribution is -2.42. The molecule has 8 heteroatoms. The molecular weight excluding hydrogens is 482 g/mol. The highest BCUT2D eigenvalue weighted by Crippen LogP contribution is 2.36. The highest BCUT2D eigenvalue weighted by Gasteiger charge is 2.31. The Labute approximate surface area is 214 Å². The van der Waals surface area contributed by atoms with E-state index in [9.17, 15) is 14.3 Å². The Bertz CT molecular complexity index is 1180. The summed E-state index contributed by atoms with van der Waals surface area (Å²) in [5.41, 5.74) is 1.32. The van der Waals surface area contributed by atoms with E-state index in [2.05, 4.69) is 9.88 Å². The zero-order valence-electron chi connectivity index (χ0n) is 20.4. The van der Waals surface area contributed by atoms with Gasteiger partial charge in [0.15, 0.2) is 0 Å². The number of hydrogen-bond donors (Lipinski definition) is 1. The second-order valence-electron chi connectivity index (χ2n) is 9.34. The van der Waals surface area contributed by atoms with Crippen LogP contribution < -0.4 is 4.74 Å². The summed E-state index contributed by atoms with van der Waals surface area (Å²) in [5.74, 6) is 0.552. The summed E-state index contributed by atoms with van der Waals surface area (Å²) in [5, 5.41) is 10.2. The van der Waals surface area contributed by atoms with Crippen molar-refractivity contribution in [2.24, 2.45) is 11.8 Å². The average Bonchev–Trinajstić information content (AvgIpc) is 2.87. The van der Waals surface area contributed by atoms with Crippen LogP contribution in [-0.2, 0) is 4.79 Å². The molecule has 0 spiro atoms. The van der Waals surface area contributed by atoms with E-state index in [1.807, 2.05) is 24.3 Å². The van der Waals surface area contributed by atoms with Gasteiger partial charge in [0.2, 0.25) is 0 Å². The molecule has 1 saturated heterocycles. The fourth-order valence-electron chi connectivity index (χ4n) is 5.11. The Morgan fingerprint density at radius 3 is 2.89 bits per heavy atom. The second-order valence-corrected chi connectivity index (χ2v) is 10.5. The first-order valence-electron chi connectivity index (χ1n) is 12.3. The fraction of sp³-hybridized carbons (Fsp3) is 0.429. The molecule has 1 aliphatic rings. The number of piperidine rings is 1. The van der Waals surface area contributed by atoms with Gasteiger partial charge in [-0.2, -0.15) is 0 Å². The molecule has 5 nitrogen and oxygen atoms in total. The van der Waals surface area contributed by atoms with Gasteiger partial charge < -0.3 is 14.7 Å². The Kier molecular flexibility index (Phi) is 9.15. The number of halogens is 2. The van der Waals surface area contributed by atoms with Crippen LogP contribution in [0, 0.1) is 17.7 Å². The molecule has 1 fully saturated rings. The Morgan fingerprint density at radius 2 is 2.11 bits per heavy atom. The standard InChI is InChI=1S/C28H32F2N2O3S/c1-35-22-6-8-27-25(17-22)24(9-11-31-27)26(30)7-5-19-10-12-32(18-20(19)15-28(33)34)13-14-36-23-4-2-3-21(29)16-23/h2-4,6,8-9,11,16-17,19-20,26H,5,7,10,12-15,18H2,1H3,(H,33,34)/t19-,20+,26+/m1/s1. The molecule has 2 aromatic carbocycles. The highest BCUT2D eigenvalue weighted by molar-refractivity contribution is 7.99. The van der Waals surface area contributed by atoms with Crippen molar-refractivity contribution in [1.82, 2.24) is 9.88 Å². The van der Waals surface area contributed by atoms with Gasteiger partial charge in [-0.05, 0) is 85.7 Å². The number of alkyl halides is 1. The smallest absolute Gasteiger partial charge is 0.303 e. The van der Waals surface area contributed by atoms with Crippen LogP contribution >= 0.6 is 11.8 Å². The number of methoxy groups -OCH3 is 1. The minimum Gasteiger partial charge on any atom is -0.497 e. The Balaban J connectivity index is 1.34. The van der Waals surface area contributed by atoms with E-state index in [4.69, 9.17) is 4.74 Å². The van der Waals surface area contributed by atoms with Crippen LogP contribution in [0.15, 0.2) is 59.6 Å². The van der Waals surface area contributed by atoms with E-state index in [0.717, 1.165) is 41.1 Å². The summed E-state index contributed by atoms with van der Waals surface area (Å²) >= 11 is 1.60. The first-order valence-corrected chi connectivity index (χ1v) is 13.3. The molecule has 3 atom stereocenters. The van der Waals surface area contributed by atoms with Crippen molar-refractivity contribution < 1.29 is 23.4 Å². The van der Waals surface area contributed by atoms with Gasteiger partial charge in [0.25, 0.3) is 0 Å². The quantitative estimate of drug-likeness (QED) is 0.300. The van der Waals surface area contributed by atoms with Gasteiger partial charge in [-0.3, -0.25) is 9.78 Å². The van der Waals surface area contributed by atoms with Crippen molar-refractivity contribution in [3.63, 3.8) is 0 Å². The number of pyridine rings is 1. The summed E-state index contributed by atoms with van der Waals surface area (Å²) in [6.45, 7) is 2.35. The lowest BCUT2D eigenvalue weighted by Gasteiger charge is -2.38. The Hall–Kier alpha value is -2.71. The van der Waals surface area contributed by atoms with Crippen LogP contribution in [0.2, 0.25) is 0 Å². The molecule has 3 aromatic rings. The number of benzene rings is 2. The van der Waals surface area contributed by atoms with Crippen molar-refractivity contribution in [1.29, 1.82) is 0 Å². The maximum atomic E-state index is 15.5. The molecule has 0 bridgehead atoms. The largest absolute Gasteiger partial charge is 0.497 e. The van der Waals surface area contributed by atoms with E-state index < -0.39 is 12.1 Å². The van der Waals surface area contributed by atoms with E-state index >= 15 is 4.39 Å². The predicted molar refractivity (Wildman–Crippen MR) is 139 cm³/mol. The SMILES string of the molecule is COc1ccc2nccc([C@@H](F)CC[C@@H]3CCN(CCSc4cccc(F)c4)C[C@@H]3CC(=O)O)c2c1. The predicted octanol–water partition coefficient (Wildman–Crippen LogP) is 6.38. The number of carboxylic acids is 1. The van der Waals surface area contributed by atoms with Crippen molar-refractivity contribution >= 4 is 28.6 Å². The summed E-state index contributed by atoms with van der Waals surface area (Å²) in [7, 11) is 1.58. The maximum absolute atomic E-state index is 15.5. The summed E-state index contributed by atoms with van der Waals surface area (Å²) in [6.07, 6.45) is 2.38. The molecular formula is C28H32F2N2O3S. The first kappa shape index (κ1) is 26.4. The number of nitrogens with zero attached hydrogens (tertiary/aromatic N) is 2. The third kappa shape index (κ3) is 6.95. The minimum absolute atomic E-state index is 0.0168. The molecule has 0 aliphatic carbocycles. The van der Waals surface area contributed by atoms with E-state index in [-0.39, 0.29) is 24.1 Å². The monoisotopic (exact) mass is 514 g/mol. The van der Waals surface area contributed by atoms with Crippen molar-refractivity contribution in [3.05, 3.63) is 66.1 Å². The van der Waals surface area contributed by atoms with Gasteiger partial charge >= 0.3 is 5.97 Å². The Morgan fingerprint density at radius 1 is 1.25 bits per heavy atom. The molecule has 1 aliphatic heterocycles. The molecule has 192 valence electrons. The van der Waals surface area contributed by atoms with Crippen LogP contribution in [0.5, 0.6) is 5.75 Å². The number of rotatable bonds is 11. The zero-order valence-corrected chi connectivity index (χ0v) is 21.2. The van der Waals surface area contributed by atoms with Crippen LogP contribution in [0.1, 0.15) is 37.4 Å². The number of ether oxygens (including phenoxy) is 1. The van der Waals surface area contributed by atoms with Gasteiger partial charge in [0, 0.05) is 41.7 Å². The molecule has 0 radical (unpaired) electrons. The average molecular weight is 515 g/mol. The third-order valence-corrected chi connectivity index (χ3v) is 7.97. The van der Waals surface area contributed by atoms with Gasteiger partial charge in [-0.15, -0.1) is 11.8 Å². The number of thioether (sulfide) groups is 1. The van der Waals surface area contributed by atoms with Crippen molar-refractivity contribution in [2.45, 2.75) is 36.8 Å². The number of carboxylic acid groups (broad SMARTS) is 1. The molecule has 0 saturated carbocycles. The van der Waals surface area contributed by atoms with Crippen LogP contribution in [0.25, 0.3) is 10.9 Å². The number of fused-ring (bicyclic) bond motifs is 1. The highest BCUT2D eigenvalue weighted by atomic mass is 32.2. The molecule has 1 N–H and O–H groups in total. The molecule has 36 heavy (non-hydrogen) atoms. The zero-order chi connectivity index (χ0) is 25.5. The van der Waals surface area contributed by atoms with Crippen molar-refractivity contribution in [3.8, 4) is 5.75 Å². The van der Waals surface area contributed by atoms with E-state index in [1.54, 1.807) is 37.2 Å². The molecule has 0 amide bonds. The molecule has 2 heterocycles. The van der Waals surface area contributed by atoms with Crippen LogP contribution in [-0.4, -0.2) is 53.5 Å². The van der Waals surface area contributed by atoms with Crippen molar-refractivity contribution in [2.75, 3.05) is 32.5 Å². The second kappa shape index (κ2) is 12.5. The normalized spacial score (nSPS) is 19.3. The van der Waals surface area contributed by atoms with Gasteiger partial charge in [-0.1, -0.05) is 6.07 Å². The van der Waals surface area contributed by atoms with Crippen LogP contribution in [0.3, 0.4) is 0 Å². The summed E-state index contributed by atoms with van der Waals surface area (Å²) in [6, 6.07) is 13.7. The minimum atomic E-state index is -1.16. The number of aromatic nitrogens is 1. The lowest BCUT2D eigenvalue weighted by molar-refractivity contribution is -0.139. The van der Waals surface area contributed by atoms with Gasteiger partial charge in [-0.25, -0.2) is 8.78 Å².